The van der Waals surface area contributed by atoms with Gasteiger partial charge in [0.25, 0.3) is 0 Å². The standard InChI is InChI=1S/C18H19Cl2N3O/c1-22-8-6-13-15(20)4-5-17-18(13)14(11-22)16(24-17)3-2-7-23-10-12(19)9-21-23/h4-5,9-10H,2-3,6-8,11H2,1H3. The SMILES string of the molecule is CN1CCc2c(Cl)ccc3oc(CCCn4cc(Cl)cn4)c(c23)C1. The van der Waals surface area contributed by atoms with Gasteiger partial charge in [-0.25, -0.2) is 0 Å². The van der Waals surface area contributed by atoms with E-state index in [-0.39, 0.29) is 0 Å². The maximum atomic E-state index is 6.44. The smallest absolute Gasteiger partial charge is 0.135 e. The first-order chi connectivity index (χ1) is 11.6. The number of benzene rings is 1. The van der Waals surface area contributed by atoms with Crippen molar-refractivity contribution < 1.29 is 4.42 Å². The van der Waals surface area contributed by atoms with E-state index in [1.807, 2.05) is 23.0 Å². The summed E-state index contributed by atoms with van der Waals surface area (Å²) in [6.07, 6.45) is 6.31. The van der Waals surface area contributed by atoms with Crippen LogP contribution in [0.3, 0.4) is 0 Å². The van der Waals surface area contributed by atoms with Crippen LogP contribution in [0.1, 0.15) is 23.3 Å². The van der Waals surface area contributed by atoms with Gasteiger partial charge in [-0.15, -0.1) is 0 Å². The molecule has 4 rings (SSSR count). The van der Waals surface area contributed by atoms with E-state index in [2.05, 4.69) is 17.0 Å². The van der Waals surface area contributed by atoms with Crippen molar-refractivity contribution in [1.82, 2.24) is 14.7 Å². The molecule has 0 N–H and O–H groups in total. The molecule has 3 aromatic rings. The van der Waals surface area contributed by atoms with Gasteiger partial charge in [0, 0.05) is 48.2 Å². The lowest BCUT2D eigenvalue weighted by Gasteiger charge is -2.13. The number of halogens is 2. The van der Waals surface area contributed by atoms with Gasteiger partial charge in [-0.05, 0) is 37.6 Å². The van der Waals surface area contributed by atoms with E-state index in [4.69, 9.17) is 27.6 Å². The van der Waals surface area contributed by atoms with Crippen molar-refractivity contribution in [3.8, 4) is 0 Å². The van der Waals surface area contributed by atoms with Gasteiger partial charge in [0.1, 0.15) is 11.3 Å². The van der Waals surface area contributed by atoms with Gasteiger partial charge in [-0.3, -0.25) is 4.68 Å². The summed E-state index contributed by atoms with van der Waals surface area (Å²) in [4.78, 5) is 2.33. The molecule has 3 heterocycles. The molecular weight excluding hydrogens is 345 g/mol. The van der Waals surface area contributed by atoms with Crippen molar-refractivity contribution in [2.24, 2.45) is 0 Å². The van der Waals surface area contributed by atoms with Crippen LogP contribution < -0.4 is 0 Å². The molecule has 0 radical (unpaired) electrons. The molecule has 1 aliphatic rings. The fraction of sp³-hybridized carbons (Fsp3) is 0.389. The number of likely N-dealkylation sites (N-methyl/N-ethyl adjacent to an activating group) is 1. The quantitative estimate of drug-likeness (QED) is 0.681. The number of rotatable bonds is 4. The Morgan fingerprint density at radius 2 is 2.12 bits per heavy atom. The zero-order valence-corrected chi connectivity index (χ0v) is 15.1. The molecule has 0 bridgehead atoms. The monoisotopic (exact) mass is 363 g/mol. The number of nitrogens with zero attached hydrogens (tertiary/aromatic N) is 3. The molecule has 2 aromatic heterocycles. The Morgan fingerprint density at radius 1 is 1.25 bits per heavy atom. The van der Waals surface area contributed by atoms with Crippen molar-refractivity contribution in [2.45, 2.75) is 32.4 Å². The second kappa shape index (κ2) is 6.43. The first-order valence-corrected chi connectivity index (χ1v) is 8.95. The summed E-state index contributed by atoms with van der Waals surface area (Å²) in [6, 6.07) is 3.94. The number of hydrogen-bond donors (Lipinski definition) is 0. The van der Waals surface area contributed by atoms with E-state index in [1.165, 1.54) is 16.5 Å². The summed E-state index contributed by atoms with van der Waals surface area (Å²) in [7, 11) is 2.15. The highest BCUT2D eigenvalue weighted by Crippen LogP contribution is 2.36. The molecule has 0 saturated heterocycles. The molecule has 0 atom stereocenters. The van der Waals surface area contributed by atoms with Crippen molar-refractivity contribution in [2.75, 3.05) is 13.6 Å². The predicted molar refractivity (Wildman–Crippen MR) is 96.8 cm³/mol. The Labute approximate surface area is 150 Å². The minimum atomic E-state index is 0.672. The topological polar surface area (TPSA) is 34.2 Å². The van der Waals surface area contributed by atoms with E-state index in [0.29, 0.717) is 5.02 Å². The maximum Gasteiger partial charge on any atom is 0.135 e. The second-order valence-electron chi connectivity index (χ2n) is 6.42. The average Bonchev–Trinajstić information content (AvgIpc) is 3.05. The Morgan fingerprint density at radius 3 is 2.92 bits per heavy atom. The molecule has 0 amide bonds. The molecule has 0 saturated carbocycles. The predicted octanol–water partition coefficient (Wildman–Crippen LogP) is 4.56. The van der Waals surface area contributed by atoms with Gasteiger partial charge in [0.05, 0.1) is 11.2 Å². The molecule has 0 aliphatic carbocycles. The minimum absolute atomic E-state index is 0.672. The van der Waals surface area contributed by atoms with Crippen LogP contribution in [0.5, 0.6) is 0 Å². The van der Waals surface area contributed by atoms with Gasteiger partial charge < -0.3 is 9.32 Å². The highest BCUT2D eigenvalue weighted by molar-refractivity contribution is 6.32. The van der Waals surface area contributed by atoms with Gasteiger partial charge >= 0.3 is 0 Å². The fourth-order valence-corrected chi connectivity index (χ4v) is 3.89. The summed E-state index contributed by atoms with van der Waals surface area (Å²) < 4.78 is 8.04. The van der Waals surface area contributed by atoms with Crippen LogP contribution in [-0.2, 0) is 25.9 Å². The zero-order valence-electron chi connectivity index (χ0n) is 13.6. The summed E-state index contributed by atoms with van der Waals surface area (Å²) in [5.74, 6) is 1.07. The lowest BCUT2D eigenvalue weighted by atomic mass is 10.0. The minimum Gasteiger partial charge on any atom is -0.461 e. The number of aryl methyl sites for hydroxylation is 2. The lowest BCUT2D eigenvalue weighted by molar-refractivity contribution is 0.331. The van der Waals surface area contributed by atoms with E-state index >= 15 is 0 Å². The number of hydrogen-bond acceptors (Lipinski definition) is 3. The first kappa shape index (κ1) is 16.0. The summed E-state index contributed by atoms with van der Waals surface area (Å²) in [6.45, 7) is 2.74. The third-order valence-corrected chi connectivity index (χ3v) is 5.20. The van der Waals surface area contributed by atoms with E-state index in [0.717, 1.165) is 55.3 Å². The van der Waals surface area contributed by atoms with Crippen LogP contribution in [-0.4, -0.2) is 28.3 Å². The maximum absolute atomic E-state index is 6.44. The van der Waals surface area contributed by atoms with Crippen LogP contribution in [0.2, 0.25) is 10.0 Å². The molecule has 1 aromatic carbocycles. The van der Waals surface area contributed by atoms with Gasteiger partial charge in [0.2, 0.25) is 0 Å². The lowest BCUT2D eigenvalue weighted by Crippen LogP contribution is -2.19. The number of aromatic nitrogens is 2. The van der Waals surface area contributed by atoms with Crippen molar-refractivity contribution >= 4 is 34.2 Å². The third-order valence-electron chi connectivity index (χ3n) is 4.65. The number of furan rings is 1. The molecule has 24 heavy (non-hydrogen) atoms. The van der Waals surface area contributed by atoms with Crippen LogP contribution in [0.4, 0.5) is 0 Å². The molecule has 1 aliphatic heterocycles. The molecule has 0 unspecified atom stereocenters. The van der Waals surface area contributed by atoms with Gasteiger partial charge in [-0.1, -0.05) is 23.2 Å². The molecule has 4 nitrogen and oxygen atoms in total. The Balaban J connectivity index is 1.63. The van der Waals surface area contributed by atoms with E-state index in [9.17, 15) is 0 Å². The highest BCUT2D eigenvalue weighted by atomic mass is 35.5. The fourth-order valence-electron chi connectivity index (χ4n) is 3.48. The van der Waals surface area contributed by atoms with Gasteiger partial charge in [-0.2, -0.15) is 5.10 Å². The molecule has 126 valence electrons. The summed E-state index contributed by atoms with van der Waals surface area (Å²) >= 11 is 12.4. The highest BCUT2D eigenvalue weighted by Gasteiger charge is 2.23. The Bertz CT molecular complexity index is 884. The first-order valence-electron chi connectivity index (χ1n) is 8.20. The van der Waals surface area contributed by atoms with Crippen LogP contribution >= 0.6 is 23.2 Å². The molecule has 0 spiro atoms. The Hall–Kier alpha value is -1.49. The van der Waals surface area contributed by atoms with Crippen molar-refractivity contribution in [3.63, 3.8) is 0 Å². The van der Waals surface area contributed by atoms with Crippen molar-refractivity contribution in [1.29, 1.82) is 0 Å². The summed E-state index contributed by atoms with van der Waals surface area (Å²) in [5, 5.41) is 6.97. The third kappa shape index (κ3) is 2.94. The van der Waals surface area contributed by atoms with Gasteiger partial charge in [0.15, 0.2) is 0 Å². The van der Waals surface area contributed by atoms with Crippen LogP contribution in [0.15, 0.2) is 28.9 Å². The zero-order chi connectivity index (χ0) is 16.7. The average molecular weight is 364 g/mol. The molecule has 0 fully saturated rings. The molecule has 6 heteroatoms. The van der Waals surface area contributed by atoms with Crippen molar-refractivity contribution in [3.05, 3.63) is 51.5 Å². The summed E-state index contributed by atoms with van der Waals surface area (Å²) in [5.41, 5.74) is 3.47. The van der Waals surface area contributed by atoms with E-state index < -0.39 is 0 Å². The molecular formula is C18H19Cl2N3O. The van der Waals surface area contributed by atoms with Crippen LogP contribution in [0, 0.1) is 0 Å². The van der Waals surface area contributed by atoms with Crippen LogP contribution in [0.25, 0.3) is 11.0 Å². The normalized spacial score (nSPS) is 15.1. The largest absolute Gasteiger partial charge is 0.461 e. The Kier molecular flexibility index (Phi) is 4.29. The van der Waals surface area contributed by atoms with E-state index in [1.54, 1.807) is 6.20 Å². The second-order valence-corrected chi connectivity index (χ2v) is 7.26.